The van der Waals surface area contributed by atoms with Crippen molar-refractivity contribution in [3.8, 4) is 0 Å². The van der Waals surface area contributed by atoms with Crippen molar-refractivity contribution in [3.05, 3.63) is 64.7 Å². The van der Waals surface area contributed by atoms with Gasteiger partial charge in [-0.2, -0.15) is 0 Å². The number of hydrogen-bond acceptors (Lipinski definition) is 2. The van der Waals surface area contributed by atoms with Crippen LogP contribution >= 0.6 is 11.8 Å². The number of carbonyl (C=O) groups is 1. The zero-order valence-electron chi connectivity index (χ0n) is 15.2. The Morgan fingerprint density at radius 2 is 1.67 bits per heavy atom. The molecule has 0 spiro atoms. The smallest absolute Gasteiger partial charge is 0.233 e. The second-order valence-electron chi connectivity index (χ2n) is 6.40. The van der Waals surface area contributed by atoms with Crippen LogP contribution in [0, 0.1) is 20.8 Å². The maximum absolute atomic E-state index is 12.6. The summed E-state index contributed by atoms with van der Waals surface area (Å²) in [6, 6.07) is 14.8. The van der Waals surface area contributed by atoms with Crippen molar-refractivity contribution >= 4 is 17.7 Å². The molecular formula is C21H27NOS. The maximum Gasteiger partial charge on any atom is 0.233 e. The minimum atomic E-state index is -0.118. The van der Waals surface area contributed by atoms with E-state index >= 15 is 0 Å². The minimum Gasteiger partial charge on any atom is -0.348 e. The number of carbonyl (C=O) groups excluding carboxylic acids is 1. The molecule has 0 unspecified atom stereocenters. The van der Waals surface area contributed by atoms with Gasteiger partial charge in [0.1, 0.15) is 0 Å². The summed E-state index contributed by atoms with van der Waals surface area (Å²) in [5.41, 5.74) is 4.93. The first-order valence-corrected chi connectivity index (χ1v) is 9.39. The highest BCUT2D eigenvalue weighted by Gasteiger charge is 2.20. The van der Waals surface area contributed by atoms with Crippen molar-refractivity contribution in [3.63, 3.8) is 0 Å². The summed E-state index contributed by atoms with van der Waals surface area (Å²) in [5.74, 6) is 0.0902. The molecule has 3 heteroatoms. The lowest BCUT2D eigenvalue weighted by atomic mass is 9.97. The van der Waals surface area contributed by atoms with Crippen LogP contribution in [0.3, 0.4) is 0 Å². The molecule has 0 saturated carbocycles. The normalized spacial score (nSPS) is 13.4. The molecule has 24 heavy (non-hydrogen) atoms. The molecule has 128 valence electrons. The standard InChI is InChI=1S/C21H27NOS/c1-6-20(19-12-9-15(3)13-16(19)4)22-21(23)17(5)24-18-10-7-14(2)8-11-18/h7-13,17,20H,6H2,1-5H3,(H,22,23)/t17-,20-/m0/s1. The number of hydrogen-bond donors (Lipinski definition) is 1. The first kappa shape index (κ1) is 18.6. The molecule has 1 amide bonds. The van der Waals surface area contributed by atoms with Gasteiger partial charge in [0, 0.05) is 4.90 Å². The molecular weight excluding hydrogens is 314 g/mol. The summed E-state index contributed by atoms with van der Waals surface area (Å²) in [7, 11) is 0. The van der Waals surface area contributed by atoms with E-state index in [9.17, 15) is 4.79 Å². The third kappa shape index (κ3) is 4.88. The van der Waals surface area contributed by atoms with Crippen LogP contribution in [0.25, 0.3) is 0 Å². The largest absolute Gasteiger partial charge is 0.348 e. The van der Waals surface area contributed by atoms with Gasteiger partial charge in [-0.1, -0.05) is 48.4 Å². The zero-order chi connectivity index (χ0) is 17.7. The molecule has 2 aromatic rings. The van der Waals surface area contributed by atoms with Crippen molar-refractivity contribution in [2.45, 2.75) is 57.2 Å². The quantitative estimate of drug-likeness (QED) is 0.717. The fraction of sp³-hybridized carbons (Fsp3) is 0.381. The maximum atomic E-state index is 12.6. The average Bonchev–Trinajstić information content (AvgIpc) is 2.55. The highest BCUT2D eigenvalue weighted by Crippen LogP contribution is 2.26. The van der Waals surface area contributed by atoms with Crippen LogP contribution in [0.1, 0.15) is 48.6 Å². The molecule has 0 aliphatic rings. The lowest BCUT2D eigenvalue weighted by Gasteiger charge is -2.22. The Kier molecular flexibility index (Phi) is 6.50. The van der Waals surface area contributed by atoms with Crippen LogP contribution in [-0.4, -0.2) is 11.2 Å². The summed E-state index contributed by atoms with van der Waals surface area (Å²) in [5, 5.41) is 3.10. The fourth-order valence-electron chi connectivity index (χ4n) is 2.78. The Morgan fingerprint density at radius 1 is 1.04 bits per heavy atom. The number of rotatable bonds is 6. The second-order valence-corrected chi connectivity index (χ2v) is 7.82. The Morgan fingerprint density at radius 3 is 2.25 bits per heavy atom. The van der Waals surface area contributed by atoms with Crippen molar-refractivity contribution in [2.75, 3.05) is 0 Å². The lowest BCUT2D eigenvalue weighted by molar-refractivity contribution is -0.121. The first-order chi connectivity index (χ1) is 11.4. The van der Waals surface area contributed by atoms with Gasteiger partial charge in [-0.3, -0.25) is 4.79 Å². The van der Waals surface area contributed by atoms with E-state index in [1.54, 1.807) is 11.8 Å². The molecule has 0 radical (unpaired) electrons. The SMILES string of the molecule is CC[C@H](NC(=O)[C@H](C)Sc1ccc(C)cc1)c1ccc(C)cc1C. The van der Waals surface area contributed by atoms with E-state index in [0.717, 1.165) is 11.3 Å². The van der Waals surface area contributed by atoms with Gasteiger partial charge >= 0.3 is 0 Å². The predicted molar refractivity (Wildman–Crippen MR) is 104 cm³/mol. The van der Waals surface area contributed by atoms with Crippen LogP contribution in [0.4, 0.5) is 0 Å². The van der Waals surface area contributed by atoms with Gasteiger partial charge in [0.05, 0.1) is 11.3 Å². The molecule has 0 aliphatic carbocycles. The van der Waals surface area contributed by atoms with E-state index in [1.807, 2.05) is 6.92 Å². The van der Waals surface area contributed by atoms with Gasteiger partial charge in [-0.05, 0) is 57.4 Å². The second kappa shape index (κ2) is 8.39. The van der Waals surface area contributed by atoms with Gasteiger partial charge in [0.2, 0.25) is 5.91 Å². The Balaban J connectivity index is 2.04. The van der Waals surface area contributed by atoms with Gasteiger partial charge in [-0.15, -0.1) is 11.8 Å². The molecule has 2 rings (SSSR count). The van der Waals surface area contributed by atoms with Crippen LogP contribution in [-0.2, 0) is 4.79 Å². The van der Waals surface area contributed by atoms with E-state index in [0.29, 0.717) is 0 Å². The van der Waals surface area contributed by atoms with Crippen LogP contribution in [0.2, 0.25) is 0 Å². The summed E-state index contributed by atoms with van der Waals surface area (Å²) in [6.07, 6.45) is 0.886. The third-order valence-corrected chi connectivity index (χ3v) is 5.34. The van der Waals surface area contributed by atoms with Gasteiger partial charge < -0.3 is 5.32 Å². The Labute approximate surface area is 150 Å². The van der Waals surface area contributed by atoms with Crippen molar-refractivity contribution in [1.82, 2.24) is 5.32 Å². The van der Waals surface area contributed by atoms with Crippen molar-refractivity contribution in [2.24, 2.45) is 0 Å². The van der Waals surface area contributed by atoms with Crippen molar-refractivity contribution in [1.29, 1.82) is 0 Å². The highest BCUT2D eigenvalue weighted by molar-refractivity contribution is 8.00. The number of aryl methyl sites for hydroxylation is 3. The zero-order valence-corrected chi connectivity index (χ0v) is 16.0. The monoisotopic (exact) mass is 341 g/mol. The molecule has 0 fully saturated rings. The van der Waals surface area contributed by atoms with Crippen molar-refractivity contribution < 1.29 is 4.79 Å². The van der Waals surface area contributed by atoms with E-state index < -0.39 is 0 Å². The van der Waals surface area contributed by atoms with Gasteiger partial charge in [0.25, 0.3) is 0 Å². The molecule has 0 aromatic heterocycles. The molecule has 0 heterocycles. The minimum absolute atomic E-state index is 0.0687. The molecule has 0 aliphatic heterocycles. The van der Waals surface area contributed by atoms with Crippen LogP contribution in [0.5, 0.6) is 0 Å². The predicted octanol–water partition coefficient (Wildman–Crippen LogP) is 5.36. The molecule has 0 bridgehead atoms. The number of benzene rings is 2. The molecule has 2 aromatic carbocycles. The summed E-state index contributed by atoms with van der Waals surface area (Å²) in [6.45, 7) is 10.4. The van der Waals surface area contributed by atoms with E-state index in [2.05, 4.69) is 75.5 Å². The summed E-state index contributed by atoms with van der Waals surface area (Å²) >= 11 is 1.60. The lowest BCUT2D eigenvalue weighted by Crippen LogP contribution is -2.34. The summed E-state index contributed by atoms with van der Waals surface area (Å²) < 4.78 is 0. The third-order valence-electron chi connectivity index (χ3n) is 4.23. The van der Waals surface area contributed by atoms with E-state index in [1.165, 1.54) is 22.3 Å². The topological polar surface area (TPSA) is 29.1 Å². The van der Waals surface area contributed by atoms with Crippen LogP contribution in [0.15, 0.2) is 47.4 Å². The fourth-order valence-corrected chi connectivity index (χ4v) is 3.66. The number of thioether (sulfide) groups is 1. The summed E-state index contributed by atoms with van der Waals surface area (Å²) in [4.78, 5) is 13.7. The van der Waals surface area contributed by atoms with Gasteiger partial charge in [0.15, 0.2) is 0 Å². The molecule has 1 N–H and O–H groups in total. The molecule has 2 nitrogen and oxygen atoms in total. The first-order valence-electron chi connectivity index (χ1n) is 8.51. The van der Waals surface area contributed by atoms with E-state index in [4.69, 9.17) is 0 Å². The average molecular weight is 342 g/mol. The molecule has 0 saturated heterocycles. The molecule has 2 atom stereocenters. The number of nitrogens with one attached hydrogen (secondary N) is 1. The van der Waals surface area contributed by atoms with E-state index in [-0.39, 0.29) is 17.2 Å². The Hall–Kier alpha value is -1.74. The Bertz CT molecular complexity index is 693. The number of amides is 1. The van der Waals surface area contributed by atoms with Crippen LogP contribution < -0.4 is 5.32 Å². The highest BCUT2D eigenvalue weighted by atomic mass is 32.2. The van der Waals surface area contributed by atoms with Gasteiger partial charge in [-0.25, -0.2) is 0 Å².